The van der Waals surface area contributed by atoms with Gasteiger partial charge in [0.25, 0.3) is 5.91 Å². The van der Waals surface area contributed by atoms with Gasteiger partial charge < -0.3 is 15.7 Å². The Hall–Kier alpha value is -2.98. The van der Waals surface area contributed by atoms with Crippen LogP contribution in [0.2, 0.25) is 0 Å². The van der Waals surface area contributed by atoms with Crippen LogP contribution in [0.4, 0.5) is 8.78 Å². The number of amides is 1. The molecule has 3 N–H and O–H groups in total. The van der Waals surface area contributed by atoms with Gasteiger partial charge in [0.05, 0.1) is 17.0 Å². The Morgan fingerprint density at radius 2 is 1.63 bits per heavy atom. The average Bonchev–Trinajstić information content (AvgIpc) is 2.91. The first-order valence-electron chi connectivity index (χ1n) is 12.7. The Balaban J connectivity index is 1.72. The Morgan fingerprint density at radius 3 is 2.26 bits per heavy atom. The average molecular weight is 544 g/mol. The van der Waals surface area contributed by atoms with E-state index in [1.54, 1.807) is 35.6 Å². The topological polar surface area (TPSA) is 81.7 Å². The zero-order valence-corrected chi connectivity index (χ0v) is 22.7. The van der Waals surface area contributed by atoms with Crippen LogP contribution in [0.5, 0.6) is 0 Å². The van der Waals surface area contributed by atoms with E-state index in [-0.39, 0.29) is 13.0 Å². The van der Waals surface area contributed by atoms with E-state index in [0.29, 0.717) is 29.1 Å². The molecule has 0 aliphatic rings. The van der Waals surface area contributed by atoms with E-state index in [2.05, 4.69) is 23.6 Å². The van der Waals surface area contributed by atoms with E-state index in [4.69, 9.17) is 0 Å². The number of carbonyl (C=O) groups is 1. The third-order valence-electron chi connectivity index (χ3n) is 6.29. The standard InChI is InChI=1S/C29H35F2N3O3S/c1-4-20-7-6-8-21(13-20)18-32-19-28(35)27(16-22-14-24(30)17-25(31)15-22)33-29(36)23-9-11-26(12-10-23)38(37)34(3)5-2/h6-15,17,27-28,32,35H,4-5,16,18-19H2,1-3H3,(H,33,36)/t27-,28+,38?/m0/s1. The number of aliphatic hydroxyl groups excluding tert-OH is 1. The van der Waals surface area contributed by atoms with Crippen LogP contribution >= 0.6 is 0 Å². The van der Waals surface area contributed by atoms with E-state index < -0.39 is 40.7 Å². The molecule has 0 saturated carbocycles. The molecule has 3 atom stereocenters. The molecule has 9 heteroatoms. The van der Waals surface area contributed by atoms with Crippen molar-refractivity contribution in [3.63, 3.8) is 0 Å². The molecule has 0 heterocycles. The Bertz CT molecular complexity index is 1220. The SMILES string of the molecule is CCc1cccc(CNC[C@@H](O)[C@H](Cc2cc(F)cc(F)c2)NC(=O)c2ccc(S(=O)N(C)CC)cc2)c1. The van der Waals surface area contributed by atoms with Gasteiger partial charge in [0.1, 0.15) is 22.6 Å². The summed E-state index contributed by atoms with van der Waals surface area (Å²) in [5.41, 5.74) is 2.91. The number of hydrogen-bond donors (Lipinski definition) is 3. The molecule has 3 aromatic rings. The lowest BCUT2D eigenvalue weighted by molar-refractivity contribution is 0.0829. The fraction of sp³-hybridized carbons (Fsp3) is 0.345. The van der Waals surface area contributed by atoms with Crippen molar-refractivity contribution in [2.75, 3.05) is 20.1 Å². The van der Waals surface area contributed by atoms with Crippen molar-refractivity contribution in [2.24, 2.45) is 0 Å². The minimum atomic E-state index is -1.34. The summed E-state index contributed by atoms with van der Waals surface area (Å²) in [5.74, 6) is -1.91. The molecule has 0 saturated heterocycles. The highest BCUT2D eigenvalue weighted by Gasteiger charge is 2.23. The van der Waals surface area contributed by atoms with Gasteiger partial charge in [-0.3, -0.25) is 4.79 Å². The van der Waals surface area contributed by atoms with Crippen LogP contribution in [0.25, 0.3) is 0 Å². The third kappa shape index (κ3) is 8.52. The highest BCUT2D eigenvalue weighted by molar-refractivity contribution is 7.82. The number of halogens is 2. The lowest BCUT2D eigenvalue weighted by Crippen LogP contribution is -2.48. The largest absolute Gasteiger partial charge is 0.390 e. The number of nitrogens with one attached hydrogen (secondary N) is 2. The zero-order valence-electron chi connectivity index (χ0n) is 21.9. The van der Waals surface area contributed by atoms with Crippen molar-refractivity contribution in [1.29, 1.82) is 0 Å². The predicted molar refractivity (Wildman–Crippen MR) is 146 cm³/mol. The molecule has 0 bridgehead atoms. The third-order valence-corrected chi connectivity index (χ3v) is 7.79. The highest BCUT2D eigenvalue weighted by Crippen LogP contribution is 2.15. The van der Waals surface area contributed by atoms with E-state index in [0.717, 1.165) is 18.1 Å². The normalized spacial score (nSPS) is 13.8. The maximum atomic E-state index is 13.8. The smallest absolute Gasteiger partial charge is 0.251 e. The molecule has 204 valence electrons. The minimum Gasteiger partial charge on any atom is -0.390 e. The van der Waals surface area contributed by atoms with E-state index >= 15 is 0 Å². The van der Waals surface area contributed by atoms with Crippen molar-refractivity contribution in [2.45, 2.75) is 50.3 Å². The van der Waals surface area contributed by atoms with E-state index in [1.807, 2.05) is 25.1 Å². The van der Waals surface area contributed by atoms with Crippen LogP contribution in [0, 0.1) is 11.6 Å². The number of aryl methyl sites for hydroxylation is 1. The highest BCUT2D eigenvalue weighted by atomic mass is 32.2. The first kappa shape index (κ1) is 29.6. The van der Waals surface area contributed by atoms with Crippen molar-refractivity contribution in [1.82, 2.24) is 14.9 Å². The van der Waals surface area contributed by atoms with Gasteiger partial charge in [-0.1, -0.05) is 38.1 Å². The number of nitrogens with zero attached hydrogens (tertiary/aromatic N) is 1. The van der Waals surface area contributed by atoms with Crippen LogP contribution in [-0.2, 0) is 30.4 Å². The Morgan fingerprint density at radius 1 is 0.974 bits per heavy atom. The van der Waals surface area contributed by atoms with E-state index in [9.17, 15) is 22.9 Å². The summed E-state index contributed by atoms with van der Waals surface area (Å²) in [6.45, 7) is 5.25. The van der Waals surface area contributed by atoms with Gasteiger partial charge in [-0.25, -0.2) is 17.3 Å². The van der Waals surface area contributed by atoms with Crippen molar-refractivity contribution in [3.05, 3.63) is 101 Å². The Labute approximate surface area is 225 Å². The molecule has 0 aliphatic carbocycles. The van der Waals surface area contributed by atoms with Crippen LogP contribution in [-0.4, -0.2) is 51.8 Å². The van der Waals surface area contributed by atoms with Crippen LogP contribution in [0.3, 0.4) is 0 Å². The molecular weight excluding hydrogens is 508 g/mol. The van der Waals surface area contributed by atoms with Gasteiger partial charge in [0, 0.05) is 38.3 Å². The van der Waals surface area contributed by atoms with Crippen molar-refractivity contribution < 1.29 is 22.9 Å². The monoisotopic (exact) mass is 543 g/mol. The summed E-state index contributed by atoms with van der Waals surface area (Å²) in [6, 6.07) is 16.8. The first-order chi connectivity index (χ1) is 18.2. The maximum Gasteiger partial charge on any atom is 0.251 e. The number of aliphatic hydroxyl groups is 1. The summed E-state index contributed by atoms with van der Waals surface area (Å²) in [4.78, 5) is 13.6. The van der Waals surface area contributed by atoms with Crippen LogP contribution < -0.4 is 10.6 Å². The lowest BCUT2D eigenvalue weighted by Gasteiger charge is -2.25. The molecular formula is C29H35F2N3O3S. The second-order valence-corrected chi connectivity index (χ2v) is 10.7. The fourth-order valence-corrected chi connectivity index (χ4v) is 4.97. The fourth-order valence-electron chi connectivity index (χ4n) is 4.00. The van der Waals surface area contributed by atoms with E-state index in [1.165, 1.54) is 17.7 Å². The summed E-state index contributed by atoms with van der Waals surface area (Å²) in [7, 11) is 0.404. The number of carbonyl (C=O) groups excluding carboxylic acids is 1. The lowest BCUT2D eigenvalue weighted by atomic mass is 10.00. The predicted octanol–water partition coefficient (Wildman–Crippen LogP) is 3.99. The van der Waals surface area contributed by atoms with Gasteiger partial charge >= 0.3 is 0 Å². The summed E-state index contributed by atoms with van der Waals surface area (Å²) in [5, 5.41) is 17.0. The van der Waals surface area contributed by atoms with Crippen molar-refractivity contribution in [3.8, 4) is 0 Å². The van der Waals surface area contributed by atoms with Gasteiger partial charge in [-0.05, 0) is 65.9 Å². The second kappa shape index (κ2) is 14.2. The number of rotatable bonds is 13. The van der Waals surface area contributed by atoms with Crippen LogP contribution in [0.15, 0.2) is 71.6 Å². The molecule has 0 radical (unpaired) electrons. The minimum absolute atomic E-state index is 0.0258. The zero-order chi connectivity index (χ0) is 27.7. The maximum absolute atomic E-state index is 13.8. The quantitative estimate of drug-likeness (QED) is 0.305. The molecule has 1 unspecified atom stereocenters. The molecule has 6 nitrogen and oxygen atoms in total. The molecule has 0 aromatic heterocycles. The van der Waals surface area contributed by atoms with Gasteiger partial charge in [0.15, 0.2) is 0 Å². The molecule has 0 spiro atoms. The Kier molecular flexibility index (Phi) is 11.1. The summed E-state index contributed by atoms with van der Waals surface area (Å²) >= 11 is 0. The van der Waals surface area contributed by atoms with Crippen LogP contribution in [0.1, 0.15) is 40.9 Å². The molecule has 0 fully saturated rings. The first-order valence-corrected chi connectivity index (χ1v) is 13.8. The summed E-state index contributed by atoms with van der Waals surface area (Å²) < 4.78 is 41.8. The van der Waals surface area contributed by atoms with Gasteiger partial charge in [-0.2, -0.15) is 0 Å². The molecule has 3 rings (SSSR count). The number of benzene rings is 3. The van der Waals surface area contributed by atoms with Crippen molar-refractivity contribution >= 4 is 16.9 Å². The molecule has 1 amide bonds. The molecule has 0 aliphatic heterocycles. The molecule has 3 aromatic carbocycles. The van der Waals surface area contributed by atoms with Gasteiger partial charge in [0.2, 0.25) is 0 Å². The second-order valence-electron chi connectivity index (χ2n) is 9.15. The van der Waals surface area contributed by atoms with Gasteiger partial charge in [-0.15, -0.1) is 0 Å². The number of hydrogen-bond acceptors (Lipinski definition) is 4. The summed E-state index contributed by atoms with van der Waals surface area (Å²) in [6.07, 6.45) is -0.0940. The molecule has 38 heavy (non-hydrogen) atoms.